The Hall–Kier alpha value is 0.540. The Kier molecular flexibility index (Phi) is 5.12. The van der Waals surface area contributed by atoms with Gasteiger partial charge in [0, 0.05) is 21.7 Å². The van der Waals surface area contributed by atoms with Crippen LogP contribution in [-0.2, 0) is 16.3 Å². The molecule has 0 radical (unpaired) electrons. The Bertz CT molecular complexity index is 538. The number of aryl methyl sites for hydroxylation is 1. The lowest BCUT2D eigenvalue weighted by molar-refractivity contribution is 0.255. The summed E-state index contributed by atoms with van der Waals surface area (Å²) in [5.41, 5.74) is -0.0391. The van der Waals surface area contributed by atoms with Gasteiger partial charge in [-0.25, -0.2) is 13.4 Å². The second kappa shape index (κ2) is 6.12. The molecule has 0 spiro atoms. The highest BCUT2D eigenvalue weighted by Gasteiger charge is 2.43. The van der Waals surface area contributed by atoms with Crippen molar-refractivity contribution in [2.45, 2.75) is 19.8 Å². The van der Waals surface area contributed by atoms with Crippen LogP contribution in [0.5, 0.6) is 0 Å². The monoisotopic (exact) mass is 429 g/mol. The first kappa shape index (κ1) is 15.9. The third kappa shape index (κ3) is 3.60. The molecular formula is C12H17Br2NO2S2. The number of rotatable bonds is 5. The summed E-state index contributed by atoms with van der Waals surface area (Å²) in [6.07, 6.45) is 3.58. The molecule has 19 heavy (non-hydrogen) atoms. The summed E-state index contributed by atoms with van der Waals surface area (Å²) in [6, 6.07) is 0. The van der Waals surface area contributed by atoms with Crippen molar-refractivity contribution in [2.24, 2.45) is 11.3 Å². The van der Waals surface area contributed by atoms with Gasteiger partial charge in [0.25, 0.3) is 0 Å². The number of thiazole rings is 1. The zero-order valence-electron chi connectivity index (χ0n) is 10.7. The zero-order valence-corrected chi connectivity index (χ0v) is 15.5. The van der Waals surface area contributed by atoms with Crippen LogP contribution in [0.15, 0.2) is 6.20 Å². The summed E-state index contributed by atoms with van der Waals surface area (Å²) < 4.78 is 23.5. The molecule has 1 aliphatic rings. The summed E-state index contributed by atoms with van der Waals surface area (Å²) in [5, 5.41) is 2.68. The van der Waals surface area contributed by atoms with E-state index < -0.39 is 9.84 Å². The maximum atomic E-state index is 11.7. The van der Waals surface area contributed by atoms with Crippen LogP contribution < -0.4 is 0 Å². The van der Waals surface area contributed by atoms with Crippen LogP contribution in [0.2, 0.25) is 0 Å². The van der Waals surface area contributed by atoms with E-state index in [1.165, 1.54) is 4.88 Å². The Morgan fingerprint density at radius 3 is 2.58 bits per heavy atom. The molecule has 1 atom stereocenters. The molecule has 1 unspecified atom stereocenters. The van der Waals surface area contributed by atoms with Crippen LogP contribution >= 0.6 is 43.2 Å². The molecule has 0 N–H and O–H groups in total. The molecule has 7 heteroatoms. The maximum Gasteiger partial charge on any atom is 0.150 e. The summed E-state index contributed by atoms with van der Waals surface area (Å²) >= 11 is 8.91. The SMILES string of the molecule is Cc1ncc(CC(CBr)(CBr)C2CCS(=O)(=O)C2)s1. The van der Waals surface area contributed by atoms with E-state index in [0.717, 1.165) is 28.5 Å². The van der Waals surface area contributed by atoms with E-state index in [-0.39, 0.29) is 11.3 Å². The van der Waals surface area contributed by atoms with Gasteiger partial charge in [0.05, 0.1) is 16.5 Å². The third-order valence-electron chi connectivity index (χ3n) is 3.83. The second-order valence-electron chi connectivity index (χ2n) is 5.25. The van der Waals surface area contributed by atoms with Crippen LogP contribution in [0, 0.1) is 18.3 Å². The fraction of sp³-hybridized carbons (Fsp3) is 0.750. The summed E-state index contributed by atoms with van der Waals surface area (Å²) in [4.78, 5) is 5.53. The van der Waals surface area contributed by atoms with Crippen molar-refractivity contribution < 1.29 is 8.42 Å². The number of hydrogen-bond acceptors (Lipinski definition) is 4. The molecule has 0 aromatic carbocycles. The molecule has 1 saturated heterocycles. The summed E-state index contributed by atoms with van der Waals surface area (Å²) in [5.74, 6) is 0.877. The van der Waals surface area contributed by atoms with Crippen molar-refractivity contribution in [3.05, 3.63) is 16.1 Å². The Labute approximate surface area is 135 Å². The van der Waals surface area contributed by atoms with Crippen LogP contribution in [0.3, 0.4) is 0 Å². The number of sulfone groups is 1. The van der Waals surface area contributed by atoms with Gasteiger partial charge in [-0.3, -0.25) is 0 Å². The Morgan fingerprint density at radius 1 is 1.47 bits per heavy atom. The van der Waals surface area contributed by atoms with Crippen molar-refractivity contribution in [1.29, 1.82) is 0 Å². The van der Waals surface area contributed by atoms with Gasteiger partial charge in [0.15, 0.2) is 9.84 Å². The number of nitrogens with zero attached hydrogens (tertiary/aromatic N) is 1. The fourth-order valence-electron chi connectivity index (χ4n) is 2.60. The van der Waals surface area contributed by atoms with Gasteiger partial charge in [-0.1, -0.05) is 31.9 Å². The molecule has 1 aromatic heterocycles. The molecule has 0 amide bonds. The molecule has 2 rings (SSSR count). The molecule has 0 bridgehead atoms. The van der Waals surface area contributed by atoms with Crippen LogP contribution in [0.25, 0.3) is 0 Å². The third-order valence-corrected chi connectivity index (χ3v) is 8.74. The van der Waals surface area contributed by atoms with E-state index in [1.54, 1.807) is 11.3 Å². The van der Waals surface area contributed by atoms with Gasteiger partial charge in [0.1, 0.15) is 0 Å². The standard InChI is InChI=1S/C12H17Br2NO2S2/c1-9-15-5-11(18-9)4-12(7-13,8-14)10-2-3-19(16,17)6-10/h5,10H,2-4,6-8H2,1H3. The van der Waals surface area contributed by atoms with E-state index in [2.05, 4.69) is 36.8 Å². The first-order valence-electron chi connectivity index (χ1n) is 6.14. The topological polar surface area (TPSA) is 47.0 Å². The zero-order chi connectivity index (χ0) is 14.1. The average Bonchev–Trinajstić information content (AvgIpc) is 2.92. The van der Waals surface area contributed by atoms with Gasteiger partial charge in [0.2, 0.25) is 0 Å². The minimum Gasteiger partial charge on any atom is -0.250 e. The van der Waals surface area contributed by atoms with Gasteiger partial charge in [-0.05, 0) is 31.1 Å². The normalized spacial score (nSPS) is 22.8. The summed E-state index contributed by atoms with van der Waals surface area (Å²) in [7, 11) is -2.84. The predicted octanol–water partition coefficient (Wildman–Crippen LogP) is 3.20. The quantitative estimate of drug-likeness (QED) is 0.673. The molecule has 1 fully saturated rings. The predicted molar refractivity (Wildman–Crippen MR) is 87.3 cm³/mol. The smallest absolute Gasteiger partial charge is 0.150 e. The number of alkyl halides is 2. The van der Waals surface area contributed by atoms with Gasteiger partial charge >= 0.3 is 0 Å². The van der Waals surface area contributed by atoms with E-state index in [9.17, 15) is 8.42 Å². The highest BCUT2D eigenvalue weighted by molar-refractivity contribution is 9.09. The molecule has 1 aliphatic heterocycles. The highest BCUT2D eigenvalue weighted by atomic mass is 79.9. The van der Waals surface area contributed by atoms with Crippen molar-refractivity contribution in [2.75, 3.05) is 22.2 Å². The van der Waals surface area contributed by atoms with Gasteiger partial charge in [-0.2, -0.15) is 0 Å². The minimum absolute atomic E-state index is 0.0391. The molecule has 0 aliphatic carbocycles. The maximum absolute atomic E-state index is 11.7. The van der Waals surface area contributed by atoms with Crippen molar-refractivity contribution >= 4 is 53.0 Å². The summed E-state index contributed by atoms with van der Waals surface area (Å²) in [6.45, 7) is 2.00. The second-order valence-corrected chi connectivity index (χ2v) is 9.92. The molecule has 0 saturated carbocycles. The van der Waals surface area contributed by atoms with Crippen LogP contribution in [0.1, 0.15) is 16.3 Å². The number of hydrogen-bond donors (Lipinski definition) is 0. The lowest BCUT2D eigenvalue weighted by atomic mass is 9.75. The highest BCUT2D eigenvalue weighted by Crippen LogP contribution is 2.42. The van der Waals surface area contributed by atoms with Crippen LogP contribution in [-0.4, -0.2) is 35.6 Å². The van der Waals surface area contributed by atoms with E-state index >= 15 is 0 Å². The minimum atomic E-state index is -2.84. The van der Waals surface area contributed by atoms with E-state index in [0.29, 0.717) is 11.5 Å². The molecule has 1 aromatic rings. The van der Waals surface area contributed by atoms with E-state index in [4.69, 9.17) is 0 Å². The van der Waals surface area contributed by atoms with Gasteiger partial charge < -0.3 is 0 Å². The fourth-order valence-corrected chi connectivity index (χ4v) is 7.74. The van der Waals surface area contributed by atoms with Gasteiger partial charge in [-0.15, -0.1) is 11.3 Å². The lowest BCUT2D eigenvalue weighted by Crippen LogP contribution is -2.37. The van der Waals surface area contributed by atoms with Crippen molar-refractivity contribution in [3.8, 4) is 0 Å². The Morgan fingerprint density at radius 2 is 2.16 bits per heavy atom. The van der Waals surface area contributed by atoms with Crippen molar-refractivity contribution in [3.63, 3.8) is 0 Å². The first-order chi connectivity index (χ1) is 8.91. The van der Waals surface area contributed by atoms with Crippen molar-refractivity contribution in [1.82, 2.24) is 4.98 Å². The lowest BCUT2D eigenvalue weighted by Gasteiger charge is -2.35. The molecule has 2 heterocycles. The average molecular weight is 431 g/mol. The number of aromatic nitrogens is 1. The number of halogens is 2. The van der Waals surface area contributed by atoms with Crippen LogP contribution in [0.4, 0.5) is 0 Å². The molecule has 3 nitrogen and oxygen atoms in total. The Balaban J connectivity index is 2.22. The molecular weight excluding hydrogens is 414 g/mol. The largest absolute Gasteiger partial charge is 0.250 e. The molecule has 108 valence electrons. The first-order valence-corrected chi connectivity index (χ1v) is 11.0. The van der Waals surface area contributed by atoms with E-state index in [1.807, 2.05) is 13.1 Å².